The van der Waals surface area contributed by atoms with Crippen LogP contribution in [-0.2, 0) is 12.4 Å². The lowest BCUT2D eigenvalue weighted by Crippen LogP contribution is -2.12. The molecule has 3 aromatic rings. The Kier molecular flexibility index (Phi) is 4.85. The van der Waals surface area contributed by atoms with Crippen molar-refractivity contribution < 1.29 is 26.3 Å². The Morgan fingerprint density at radius 2 is 1.37 bits per heavy atom. The van der Waals surface area contributed by atoms with Crippen LogP contribution >= 0.6 is 23.2 Å². The summed E-state index contributed by atoms with van der Waals surface area (Å²) in [6, 6.07) is 7.33. The minimum absolute atomic E-state index is 0.0172. The zero-order valence-corrected chi connectivity index (χ0v) is 14.4. The van der Waals surface area contributed by atoms with Gasteiger partial charge in [0, 0.05) is 5.56 Å². The predicted molar refractivity (Wildman–Crippen MR) is 86.8 cm³/mol. The second-order valence-corrected chi connectivity index (χ2v) is 6.11. The third kappa shape index (κ3) is 4.03. The van der Waals surface area contributed by atoms with Crippen LogP contribution in [0.25, 0.3) is 17.1 Å². The van der Waals surface area contributed by atoms with Gasteiger partial charge in [0.2, 0.25) is 5.28 Å². The molecule has 0 amide bonds. The Labute approximate surface area is 158 Å². The first kappa shape index (κ1) is 19.5. The van der Waals surface area contributed by atoms with Crippen LogP contribution < -0.4 is 0 Å². The molecule has 3 nitrogen and oxygen atoms in total. The Hall–Kier alpha value is -2.26. The average molecular weight is 426 g/mol. The summed E-state index contributed by atoms with van der Waals surface area (Å²) in [7, 11) is 0. The molecule has 0 N–H and O–H groups in total. The molecule has 0 unspecified atom stereocenters. The Morgan fingerprint density at radius 1 is 0.815 bits per heavy atom. The number of hydrogen-bond acceptors (Lipinski definition) is 2. The third-order valence-electron chi connectivity index (χ3n) is 3.50. The number of alkyl halides is 6. The molecule has 1 heterocycles. The number of halogens is 8. The van der Waals surface area contributed by atoms with Crippen molar-refractivity contribution in [2.24, 2.45) is 0 Å². The fraction of sp³-hybridized carbons (Fsp3) is 0.125. The minimum Gasteiger partial charge on any atom is -0.203 e. The first-order valence-electron chi connectivity index (χ1n) is 7.14. The van der Waals surface area contributed by atoms with Crippen molar-refractivity contribution in [3.8, 4) is 17.1 Å². The minimum atomic E-state index is -4.99. The summed E-state index contributed by atoms with van der Waals surface area (Å²) in [6.07, 6.45) is -9.98. The van der Waals surface area contributed by atoms with Crippen LogP contribution in [0, 0.1) is 0 Å². The van der Waals surface area contributed by atoms with E-state index in [1.165, 1.54) is 12.1 Å². The van der Waals surface area contributed by atoms with Crippen LogP contribution in [0.2, 0.25) is 10.3 Å². The van der Waals surface area contributed by atoms with Crippen molar-refractivity contribution in [3.63, 3.8) is 0 Å². The van der Waals surface area contributed by atoms with Crippen LogP contribution in [0.15, 0.2) is 42.5 Å². The SMILES string of the molecule is FC(F)(F)c1cc(-n2nc(-c3ccccc3Cl)nc2Cl)cc(C(F)(F)F)c1. The van der Waals surface area contributed by atoms with Gasteiger partial charge in [-0.15, -0.1) is 5.10 Å². The lowest BCUT2D eigenvalue weighted by atomic mass is 10.1. The summed E-state index contributed by atoms with van der Waals surface area (Å²) >= 11 is 11.9. The van der Waals surface area contributed by atoms with Gasteiger partial charge in [0.1, 0.15) is 0 Å². The molecule has 0 bridgehead atoms. The lowest BCUT2D eigenvalue weighted by molar-refractivity contribution is -0.143. The van der Waals surface area contributed by atoms with Gasteiger partial charge in [-0.3, -0.25) is 0 Å². The van der Waals surface area contributed by atoms with Crippen LogP contribution in [0.3, 0.4) is 0 Å². The van der Waals surface area contributed by atoms with Crippen LogP contribution in [-0.4, -0.2) is 14.8 Å². The monoisotopic (exact) mass is 425 g/mol. The van der Waals surface area contributed by atoms with E-state index < -0.39 is 34.5 Å². The average Bonchev–Trinajstić information content (AvgIpc) is 2.95. The molecule has 0 radical (unpaired) electrons. The molecule has 0 atom stereocenters. The van der Waals surface area contributed by atoms with E-state index in [1.807, 2.05) is 0 Å². The van der Waals surface area contributed by atoms with E-state index in [0.29, 0.717) is 22.4 Å². The van der Waals surface area contributed by atoms with E-state index in [4.69, 9.17) is 23.2 Å². The molecule has 27 heavy (non-hydrogen) atoms. The molecule has 3 rings (SSSR count). The van der Waals surface area contributed by atoms with Crippen molar-refractivity contribution >= 4 is 23.2 Å². The predicted octanol–water partition coefficient (Wildman–Crippen LogP) is 6.28. The van der Waals surface area contributed by atoms with E-state index in [9.17, 15) is 26.3 Å². The molecule has 0 saturated heterocycles. The fourth-order valence-electron chi connectivity index (χ4n) is 2.27. The number of nitrogens with zero attached hydrogens (tertiary/aromatic N) is 3. The Bertz CT molecular complexity index is 962. The van der Waals surface area contributed by atoms with E-state index in [2.05, 4.69) is 10.1 Å². The topological polar surface area (TPSA) is 30.7 Å². The Morgan fingerprint density at radius 3 is 1.89 bits per heavy atom. The van der Waals surface area contributed by atoms with Crippen LogP contribution in [0.5, 0.6) is 0 Å². The van der Waals surface area contributed by atoms with Gasteiger partial charge in [-0.2, -0.15) is 31.3 Å². The maximum absolute atomic E-state index is 13.0. The van der Waals surface area contributed by atoms with Gasteiger partial charge in [0.15, 0.2) is 5.82 Å². The highest BCUT2D eigenvalue weighted by molar-refractivity contribution is 6.33. The molecule has 0 aliphatic rings. The van der Waals surface area contributed by atoms with E-state index in [-0.39, 0.29) is 16.9 Å². The first-order chi connectivity index (χ1) is 12.5. The second kappa shape index (κ2) is 6.72. The summed E-state index contributed by atoms with van der Waals surface area (Å²) in [5.74, 6) is -0.0448. The van der Waals surface area contributed by atoms with Gasteiger partial charge in [-0.05, 0) is 41.9 Å². The molecule has 0 aliphatic heterocycles. The van der Waals surface area contributed by atoms with E-state index in [1.54, 1.807) is 12.1 Å². The Balaban J connectivity index is 2.18. The zero-order valence-electron chi connectivity index (χ0n) is 12.9. The molecule has 11 heteroatoms. The number of rotatable bonds is 2. The van der Waals surface area contributed by atoms with Gasteiger partial charge in [0.25, 0.3) is 0 Å². The molecule has 0 fully saturated rings. The van der Waals surface area contributed by atoms with Gasteiger partial charge in [-0.25, -0.2) is 4.68 Å². The maximum Gasteiger partial charge on any atom is 0.416 e. The summed E-state index contributed by atoms with van der Waals surface area (Å²) in [4.78, 5) is 3.87. The number of hydrogen-bond donors (Lipinski definition) is 0. The van der Waals surface area contributed by atoms with Crippen LogP contribution in [0.4, 0.5) is 26.3 Å². The highest BCUT2D eigenvalue weighted by Crippen LogP contribution is 2.37. The summed E-state index contributed by atoms with van der Waals surface area (Å²) in [5.41, 5.74) is -3.19. The summed E-state index contributed by atoms with van der Waals surface area (Å²) in [6.45, 7) is 0. The lowest BCUT2D eigenvalue weighted by Gasteiger charge is -2.14. The van der Waals surface area contributed by atoms with E-state index >= 15 is 0 Å². The first-order valence-corrected chi connectivity index (χ1v) is 7.90. The summed E-state index contributed by atoms with van der Waals surface area (Å²) in [5, 5.41) is 3.73. The van der Waals surface area contributed by atoms with E-state index in [0.717, 1.165) is 0 Å². The normalized spacial score (nSPS) is 12.4. The standard InChI is InChI=1S/C16H7Cl2F6N3/c17-12-4-2-1-3-11(12)13-25-14(18)27(26-13)10-6-8(15(19,20)21)5-9(7-10)16(22,23)24/h1-7H. The third-order valence-corrected chi connectivity index (χ3v) is 4.07. The smallest absolute Gasteiger partial charge is 0.203 e. The number of aromatic nitrogens is 3. The van der Waals surface area contributed by atoms with Crippen molar-refractivity contribution in [2.75, 3.05) is 0 Å². The molecule has 1 aromatic heterocycles. The molecule has 0 saturated carbocycles. The second-order valence-electron chi connectivity index (χ2n) is 5.36. The maximum atomic E-state index is 13.0. The van der Waals surface area contributed by atoms with Crippen molar-refractivity contribution in [2.45, 2.75) is 12.4 Å². The largest absolute Gasteiger partial charge is 0.416 e. The molecular formula is C16H7Cl2F6N3. The van der Waals surface area contributed by atoms with Crippen LogP contribution in [0.1, 0.15) is 11.1 Å². The molecule has 142 valence electrons. The molecular weight excluding hydrogens is 419 g/mol. The van der Waals surface area contributed by atoms with Gasteiger partial charge in [-0.1, -0.05) is 23.7 Å². The van der Waals surface area contributed by atoms with Gasteiger partial charge in [0.05, 0.1) is 21.8 Å². The van der Waals surface area contributed by atoms with Crippen molar-refractivity contribution in [1.29, 1.82) is 0 Å². The molecule has 0 spiro atoms. The van der Waals surface area contributed by atoms with Crippen molar-refractivity contribution in [3.05, 3.63) is 63.9 Å². The fourth-order valence-corrected chi connectivity index (χ4v) is 2.71. The van der Waals surface area contributed by atoms with Gasteiger partial charge < -0.3 is 0 Å². The van der Waals surface area contributed by atoms with Crippen molar-refractivity contribution in [1.82, 2.24) is 14.8 Å². The van der Waals surface area contributed by atoms with Gasteiger partial charge >= 0.3 is 12.4 Å². The number of benzene rings is 2. The summed E-state index contributed by atoms with van der Waals surface area (Å²) < 4.78 is 78.8. The highest BCUT2D eigenvalue weighted by atomic mass is 35.5. The molecule has 0 aliphatic carbocycles. The molecule has 2 aromatic carbocycles. The highest BCUT2D eigenvalue weighted by Gasteiger charge is 2.37. The quantitative estimate of drug-likeness (QED) is 0.452. The zero-order chi connectivity index (χ0) is 20.0.